The van der Waals surface area contributed by atoms with Crippen LogP contribution in [0, 0.1) is 0 Å². The van der Waals surface area contributed by atoms with Crippen molar-refractivity contribution in [1.29, 1.82) is 0 Å². The highest BCUT2D eigenvalue weighted by atomic mass is 16.3. The predicted molar refractivity (Wildman–Crippen MR) is 80.5 cm³/mol. The molecule has 0 spiro atoms. The summed E-state index contributed by atoms with van der Waals surface area (Å²) in [5.74, 6) is 0.264. The summed E-state index contributed by atoms with van der Waals surface area (Å²) in [4.78, 5) is 11.0. The fourth-order valence-corrected chi connectivity index (χ4v) is 2.27. The lowest BCUT2D eigenvalue weighted by Gasteiger charge is -2.12. The van der Waals surface area contributed by atoms with E-state index < -0.39 is 0 Å². The first kappa shape index (κ1) is 14.1. The molecule has 0 aliphatic rings. The Morgan fingerprint density at radius 3 is 2.45 bits per heavy atom. The van der Waals surface area contributed by atoms with Crippen molar-refractivity contribution in [2.75, 3.05) is 0 Å². The second-order valence-corrected chi connectivity index (χ2v) is 5.05. The lowest BCUT2D eigenvalue weighted by atomic mass is 10.0. The quantitative estimate of drug-likeness (QED) is 0.896. The van der Waals surface area contributed by atoms with Gasteiger partial charge in [-0.1, -0.05) is 36.4 Å². The molecule has 0 fully saturated rings. The number of aromatic hydroxyl groups is 1. The first-order valence-corrected chi connectivity index (χ1v) is 6.70. The highest BCUT2D eigenvalue weighted by Crippen LogP contribution is 2.23. The molecular formula is C17H19NO2. The van der Waals surface area contributed by atoms with Gasteiger partial charge >= 0.3 is 0 Å². The normalized spacial score (nSPS) is 11.9. The molecule has 2 aromatic rings. The molecule has 1 atom stereocenters. The zero-order valence-electron chi connectivity index (χ0n) is 11.8. The number of phenolic OH excluding ortho intramolecular Hbond substituents is 1. The average molecular weight is 269 g/mol. The number of hydrogen-bond acceptors (Lipinski definition) is 2. The Labute approximate surface area is 119 Å². The maximum atomic E-state index is 11.0. The summed E-state index contributed by atoms with van der Waals surface area (Å²) >= 11 is 0. The molecule has 1 unspecified atom stereocenters. The van der Waals surface area contributed by atoms with E-state index in [2.05, 4.69) is 17.4 Å². The van der Waals surface area contributed by atoms with E-state index in [9.17, 15) is 9.90 Å². The molecule has 0 heterocycles. The van der Waals surface area contributed by atoms with Gasteiger partial charge in [0.2, 0.25) is 5.91 Å². The molecule has 3 nitrogen and oxygen atoms in total. The fourth-order valence-electron chi connectivity index (χ4n) is 2.27. The van der Waals surface area contributed by atoms with Crippen molar-refractivity contribution >= 4 is 5.91 Å². The molecular weight excluding hydrogens is 250 g/mol. The van der Waals surface area contributed by atoms with E-state index in [4.69, 9.17) is 0 Å². The van der Waals surface area contributed by atoms with Crippen LogP contribution in [0.4, 0.5) is 0 Å². The Bertz CT molecular complexity index is 590. The van der Waals surface area contributed by atoms with E-state index in [0.717, 1.165) is 17.5 Å². The third kappa shape index (κ3) is 3.85. The van der Waals surface area contributed by atoms with Crippen LogP contribution in [-0.4, -0.2) is 17.1 Å². The first-order chi connectivity index (χ1) is 9.54. The molecule has 2 aromatic carbocycles. The summed E-state index contributed by atoms with van der Waals surface area (Å²) in [6.45, 7) is 3.52. The zero-order valence-corrected chi connectivity index (χ0v) is 11.8. The van der Waals surface area contributed by atoms with Crippen molar-refractivity contribution in [1.82, 2.24) is 5.32 Å². The minimum absolute atomic E-state index is 0.00567. The third-order valence-corrected chi connectivity index (χ3v) is 3.12. The number of rotatable bonds is 4. The zero-order chi connectivity index (χ0) is 14.5. The van der Waals surface area contributed by atoms with Gasteiger partial charge in [-0.15, -0.1) is 0 Å². The average Bonchev–Trinajstić information content (AvgIpc) is 2.38. The summed E-state index contributed by atoms with van der Waals surface area (Å²) < 4.78 is 0. The predicted octanol–water partition coefficient (Wildman–Crippen LogP) is 3.13. The maximum absolute atomic E-state index is 11.0. The van der Waals surface area contributed by atoms with Crippen LogP contribution in [0.25, 0.3) is 11.1 Å². The highest BCUT2D eigenvalue weighted by Gasteiger charge is 2.05. The summed E-state index contributed by atoms with van der Waals surface area (Å²) in [5, 5.41) is 12.4. The SMILES string of the molecule is CC(=O)NC(C)Cc1ccc(-c2cccc(O)c2)cc1. The lowest BCUT2D eigenvalue weighted by Crippen LogP contribution is -2.31. The second-order valence-electron chi connectivity index (χ2n) is 5.05. The molecule has 0 saturated heterocycles. The molecule has 0 saturated carbocycles. The number of phenols is 1. The van der Waals surface area contributed by atoms with Gasteiger partial charge in [-0.3, -0.25) is 4.79 Å². The van der Waals surface area contributed by atoms with E-state index in [-0.39, 0.29) is 17.7 Å². The van der Waals surface area contributed by atoms with Crippen molar-refractivity contribution in [3.8, 4) is 16.9 Å². The van der Waals surface area contributed by atoms with Gasteiger partial charge in [0.05, 0.1) is 0 Å². The van der Waals surface area contributed by atoms with Gasteiger partial charge in [0.15, 0.2) is 0 Å². The minimum Gasteiger partial charge on any atom is -0.508 e. The van der Waals surface area contributed by atoms with Crippen LogP contribution >= 0.6 is 0 Å². The van der Waals surface area contributed by atoms with E-state index in [0.29, 0.717) is 0 Å². The molecule has 0 radical (unpaired) electrons. The van der Waals surface area contributed by atoms with E-state index in [1.807, 2.05) is 31.2 Å². The fraction of sp³-hybridized carbons (Fsp3) is 0.235. The highest BCUT2D eigenvalue weighted by molar-refractivity contribution is 5.73. The largest absolute Gasteiger partial charge is 0.508 e. The number of carbonyl (C=O) groups excluding carboxylic acids is 1. The van der Waals surface area contributed by atoms with Crippen LogP contribution in [0.3, 0.4) is 0 Å². The Morgan fingerprint density at radius 2 is 1.85 bits per heavy atom. The molecule has 2 N–H and O–H groups in total. The number of amides is 1. The van der Waals surface area contributed by atoms with Crippen molar-refractivity contribution < 1.29 is 9.90 Å². The molecule has 1 amide bonds. The van der Waals surface area contributed by atoms with Gasteiger partial charge in [0, 0.05) is 13.0 Å². The van der Waals surface area contributed by atoms with Crippen LogP contribution in [0.1, 0.15) is 19.4 Å². The van der Waals surface area contributed by atoms with Gasteiger partial charge in [-0.2, -0.15) is 0 Å². The van der Waals surface area contributed by atoms with Gasteiger partial charge < -0.3 is 10.4 Å². The monoisotopic (exact) mass is 269 g/mol. The Balaban J connectivity index is 2.08. The summed E-state index contributed by atoms with van der Waals surface area (Å²) in [7, 11) is 0. The Hall–Kier alpha value is -2.29. The third-order valence-electron chi connectivity index (χ3n) is 3.12. The van der Waals surface area contributed by atoms with Crippen LogP contribution < -0.4 is 5.32 Å². The topological polar surface area (TPSA) is 49.3 Å². The van der Waals surface area contributed by atoms with Gasteiger partial charge in [-0.25, -0.2) is 0 Å². The minimum atomic E-state index is -0.00567. The van der Waals surface area contributed by atoms with Crippen LogP contribution in [0.15, 0.2) is 48.5 Å². The number of nitrogens with one attached hydrogen (secondary N) is 1. The molecule has 2 rings (SSSR count). The van der Waals surface area contributed by atoms with Crippen molar-refractivity contribution in [3.63, 3.8) is 0 Å². The molecule has 0 aliphatic carbocycles. The van der Waals surface area contributed by atoms with Crippen LogP contribution in [-0.2, 0) is 11.2 Å². The van der Waals surface area contributed by atoms with Crippen molar-refractivity contribution in [2.45, 2.75) is 26.3 Å². The van der Waals surface area contributed by atoms with Gasteiger partial charge in [-0.05, 0) is 42.2 Å². The van der Waals surface area contributed by atoms with Gasteiger partial charge in [0.25, 0.3) is 0 Å². The van der Waals surface area contributed by atoms with Crippen molar-refractivity contribution in [3.05, 3.63) is 54.1 Å². The maximum Gasteiger partial charge on any atom is 0.217 e. The summed E-state index contributed by atoms with van der Waals surface area (Å²) in [6, 6.07) is 15.5. The first-order valence-electron chi connectivity index (χ1n) is 6.70. The van der Waals surface area contributed by atoms with E-state index in [1.54, 1.807) is 12.1 Å². The Morgan fingerprint density at radius 1 is 1.15 bits per heavy atom. The summed E-state index contributed by atoms with van der Waals surface area (Å²) in [5.41, 5.74) is 3.23. The molecule has 0 aliphatic heterocycles. The van der Waals surface area contributed by atoms with E-state index >= 15 is 0 Å². The number of benzene rings is 2. The Kier molecular flexibility index (Phi) is 4.41. The lowest BCUT2D eigenvalue weighted by molar-refractivity contribution is -0.119. The van der Waals surface area contributed by atoms with E-state index in [1.165, 1.54) is 12.5 Å². The standard InChI is InChI=1S/C17H19NO2/c1-12(18-13(2)19)10-14-6-8-15(9-7-14)16-4-3-5-17(20)11-16/h3-9,11-12,20H,10H2,1-2H3,(H,18,19). The molecule has 3 heteroatoms. The molecule has 0 bridgehead atoms. The summed E-state index contributed by atoms with van der Waals surface area (Å²) in [6.07, 6.45) is 0.805. The van der Waals surface area contributed by atoms with Crippen molar-refractivity contribution in [2.24, 2.45) is 0 Å². The molecule has 20 heavy (non-hydrogen) atoms. The molecule has 0 aromatic heterocycles. The van der Waals surface area contributed by atoms with Crippen LogP contribution in [0.2, 0.25) is 0 Å². The number of hydrogen-bond donors (Lipinski definition) is 2. The second kappa shape index (κ2) is 6.24. The van der Waals surface area contributed by atoms with Crippen LogP contribution in [0.5, 0.6) is 5.75 Å². The molecule has 104 valence electrons. The smallest absolute Gasteiger partial charge is 0.217 e. The number of carbonyl (C=O) groups is 1. The van der Waals surface area contributed by atoms with Gasteiger partial charge in [0.1, 0.15) is 5.75 Å².